The number of anilines is 1. The summed E-state index contributed by atoms with van der Waals surface area (Å²) < 4.78 is 0. The van der Waals surface area contributed by atoms with Gasteiger partial charge in [0.2, 0.25) is 5.91 Å². The summed E-state index contributed by atoms with van der Waals surface area (Å²) >= 11 is 0. The number of amides is 1. The first kappa shape index (κ1) is 10.0. The summed E-state index contributed by atoms with van der Waals surface area (Å²) in [6, 6.07) is 5.93. The fourth-order valence-corrected chi connectivity index (χ4v) is 2.05. The number of hydrogen-bond acceptors (Lipinski definition) is 2. The molecule has 0 spiro atoms. The molecular weight excluding hydrogens is 188 g/mol. The molecule has 2 rings (SSSR count). The highest BCUT2D eigenvalue weighted by atomic mass is 16.1. The Morgan fingerprint density at radius 2 is 2.00 bits per heavy atom. The van der Waals surface area contributed by atoms with Crippen molar-refractivity contribution in [1.82, 2.24) is 0 Å². The third-order valence-electron chi connectivity index (χ3n) is 2.96. The second kappa shape index (κ2) is 3.93. The van der Waals surface area contributed by atoms with Gasteiger partial charge in [0, 0.05) is 24.3 Å². The van der Waals surface area contributed by atoms with Crippen LogP contribution in [0, 0.1) is 6.92 Å². The normalized spacial score (nSPS) is 15.7. The molecule has 0 radical (unpaired) electrons. The largest absolute Gasteiger partial charge is 0.372 e. The van der Waals surface area contributed by atoms with E-state index in [0.717, 1.165) is 24.3 Å². The van der Waals surface area contributed by atoms with Gasteiger partial charge in [0.15, 0.2) is 0 Å². The van der Waals surface area contributed by atoms with E-state index in [1.54, 1.807) is 0 Å². The van der Waals surface area contributed by atoms with Crippen LogP contribution in [0.1, 0.15) is 28.8 Å². The standard InChI is InChI=1S/C12H16N2O/c1-9-4-5-10(8-11(9)12(13)15)14-6-2-3-7-14/h4-5,8H,2-3,6-7H2,1H3,(H2,13,15). The maximum absolute atomic E-state index is 11.2. The summed E-state index contributed by atoms with van der Waals surface area (Å²) in [5.41, 5.74) is 8.03. The number of carbonyl (C=O) groups is 1. The minimum atomic E-state index is -0.339. The third-order valence-corrected chi connectivity index (χ3v) is 2.96. The van der Waals surface area contributed by atoms with Gasteiger partial charge in [-0.3, -0.25) is 4.79 Å². The van der Waals surface area contributed by atoms with Gasteiger partial charge < -0.3 is 10.6 Å². The molecule has 0 saturated carbocycles. The van der Waals surface area contributed by atoms with Crippen molar-refractivity contribution in [3.05, 3.63) is 29.3 Å². The molecule has 0 bridgehead atoms. The van der Waals surface area contributed by atoms with Crippen molar-refractivity contribution in [3.63, 3.8) is 0 Å². The highest BCUT2D eigenvalue weighted by Crippen LogP contribution is 2.22. The van der Waals surface area contributed by atoms with Gasteiger partial charge in [0.05, 0.1) is 0 Å². The van der Waals surface area contributed by atoms with Crippen LogP contribution in [-0.2, 0) is 0 Å². The molecule has 1 aromatic carbocycles. The Balaban J connectivity index is 2.33. The van der Waals surface area contributed by atoms with Gasteiger partial charge in [-0.1, -0.05) is 6.07 Å². The SMILES string of the molecule is Cc1ccc(N2CCCC2)cc1C(N)=O. The van der Waals surface area contributed by atoms with E-state index in [0.29, 0.717) is 5.56 Å². The first-order chi connectivity index (χ1) is 7.18. The van der Waals surface area contributed by atoms with E-state index >= 15 is 0 Å². The van der Waals surface area contributed by atoms with Crippen LogP contribution in [0.4, 0.5) is 5.69 Å². The van der Waals surface area contributed by atoms with Crippen molar-refractivity contribution in [3.8, 4) is 0 Å². The highest BCUT2D eigenvalue weighted by Gasteiger charge is 2.14. The molecule has 1 amide bonds. The lowest BCUT2D eigenvalue weighted by molar-refractivity contribution is 0.1000. The Morgan fingerprint density at radius 1 is 1.33 bits per heavy atom. The molecule has 15 heavy (non-hydrogen) atoms. The van der Waals surface area contributed by atoms with E-state index in [9.17, 15) is 4.79 Å². The molecule has 0 aromatic heterocycles. The van der Waals surface area contributed by atoms with Gasteiger partial charge in [0.1, 0.15) is 0 Å². The van der Waals surface area contributed by atoms with E-state index < -0.39 is 0 Å². The molecule has 1 saturated heterocycles. The average Bonchev–Trinajstić information content (AvgIpc) is 2.71. The molecule has 0 aliphatic carbocycles. The number of aryl methyl sites for hydroxylation is 1. The monoisotopic (exact) mass is 204 g/mol. The molecule has 0 atom stereocenters. The van der Waals surface area contributed by atoms with Crippen LogP contribution in [0.25, 0.3) is 0 Å². The maximum atomic E-state index is 11.2. The van der Waals surface area contributed by atoms with Gasteiger partial charge in [-0.25, -0.2) is 0 Å². The Labute approximate surface area is 89.9 Å². The first-order valence-corrected chi connectivity index (χ1v) is 5.34. The molecule has 80 valence electrons. The molecule has 0 unspecified atom stereocenters. The quantitative estimate of drug-likeness (QED) is 0.797. The zero-order valence-electron chi connectivity index (χ0n) is 8.99. The zero-order valence-corrected chi connectivity index (χ0v) is 8.99. The molecule has 1 aliphatic heterocycles. The van der Waals surface area contributed by atoms with Gasteiger partial charge in [0.25, 0.3) is 0 Å². The summed E-state index contributed by atoms with van der Waals surface area (Å²) in [5, 5.41) is 0. The fourth-order valence-electron chi connectivity index (χ4n) is 2.05. The lowest BCUT2D eigenvalue weighted by Gasteiger charge is -2.18. The number of primary amides is 1. The van der Waals surface area contributed by atoms with Crippen LogP contribution in [0.15, 0.2) is 18.2 Å². The summed E-state index contributed by atoms with van der Waals surface area (Å²) in [7, 11) is 0. The third kappa shape index (κ3) is 1.96. The number of hydrogen-bond donors (Lipinski definition) is 1. The van der Waals surface area contributed by atoms with E-state index in [1.165, 1.54) is 12.8 Å². The molecule has 1 heterocycles. The van der Waals surface area contributed by atoms with Crippen molar-refractivity contribution < 1.29 is 4.79 Å². The van der Waals surface area contributed by atoms with Crippen LogP contribution in [0.2, 0.25) is 0 Å². The predicted octanol–water partition coefficient (Wildman–Crippen LogP) is 1.69. The van der Waals surface area contributed by atoms with E-state index in [2.05, 4.69) is 11.0 Å². The fraction of sp³-hybridized carbons (Fsp3) is 0.417. The van der Waals surface area contributed by atoms with Crippen LogP contribution < -0.4 is 10.6 Å². The van der Waals surface area contributed by atoms with E-state index in [-0.39, 0.29) is 5.91 Å². The molecular formula is C12H16N2O. The van der Waals surface area contributed by atoms with Gasteiger partial charge in [-0.15, -0.1) is 0 Å². The van der Waals surface area contributed by atoms with Crippen molar-refractivity contribution in [2.45, 2.75) is 19.8 Å². The Morgan fingerprint density at radius 3 is 2.60 bits per heavy atom. The highest BCUT2D eigenvalue weighted by molar-refractivity contribution is 5.95. The molecule has 3 nitrogen and oxygen atoms in total. The Bertz CT molecular complexity index is 381. The average molecular weight is 204 g/mol. The number of carbonyl (C=O) groups excluding carboxylic acids is 1. The van der Waals surface area contributed by atoms with Gasteiger partial charge >= 0.3 is 0 Å². The number of benzene rings is 1. The number of nitrogens with two attached hydrogens (primary N) is 1. The minimum absolute atomic E-state index is 0.339. The molecule has 2 N–H and O–H groups in total. The summed E-state index contributed by atoms with van der Waals surface area (Å²) in [6.07, 6.45) is 2.47. The van der Waals surface area contributed by atoms with Crippen LogP contribution in [-0.4, -0.2) is 19.0 Å². The topological polar surface area (TPSA) is 46.3 Å². The molecule has 3 heteroatoms. The van der Waals surface area contributed by atoms with Crippen molar-refractivity contribution in [2.24, 2.45) is 5.73 Å². The van der Waals surface area contributed by atoms with E-state index in [4.69, 9.17) is 5.73 Å². The number of rotatable bonds is 2. The van der Waals surface area contributed by atoms with Crippen LogP contribution in [0.3, 0.4) is 0 Å². The molecule has 1 fully saturated rings. The van der Waals surface area contributed by atoms with Gasteiger partial charge in [-0.05, 0) is 37.5 Å². The molecule has 1 aliphatic rings. The predicted molar refractivity (Wildman–Crippen MR) is 61.1 cm³/mol. The second-order valence-corrected chi connectivity index (χ2v) is 4.06. The van der Waals surface area contributed by atoms with Gasteiger partial charge in [-0.2, -0.15) is 0 Å². The Kier molecular flexibility index (Phi) is 2.62. The Hall–Kier alpha value is -1.51. The van der Waals surface area contributed by atoms with Crippen LogP contribution in [0.5, 0.6) is 0 Å². The smallest absolute Gasteiger partial charge is 0.249 e. The summed E-state index contributed by atoms with van der Waals surface area (Å²) in [5.74, 6) is -0.339. The van der Waals surface area contributed by atoms with Crippen molar-refractivity contribution in [2.75, 3.05) is 18.0 Å². The summed E-state index contributed by atoms with van der Waals surface area (Å²) in [6.45, 7) is 4.08. The first-order valence-electron chi connectivity index (χ1n) is 5.34. The van der Waals surface area contributed by atoms with Crippen molar-refractivity contribution in [1.29, 1.82) is 0 Å². The molecule has 1 aromatic rings. The van der Waals surface area contributed by atoms with Crippen LogP contribution >= 0.6 is 0 Å². The van der Waals surface area contributed by atoms with E-state index in [1.807, 2.05) is 19.1 Å². The minimum Gasteiger partial charge on any atom is -0.372 e. The lowest BCUT2D eigenvalue weighted by Crippen LogP contribution is -2.19. The number of nitrogens with zero attached hydrogens (tertiary/aromatic N) is 1. The summed E-state index contributed by atoms with van der Waals surface area (Å²) in [4.78, 5) is 13.5. The lowest BCUT2D eigenvalue weighted by atomic mass is 10.1. The second-order valence-electron chi connectivity index (χ2n) is 4.06. The van der Waals surface area contributed by atoms with Crippen molar-refractivity contribution >= 4 is 11.6 Å². The zero-order chi connectivity index (χ0) is 10.8. The maximum Gasteiger partial charge on any atom is 0.249 e.